The van der Waals surface area contributed by atoms with E-state index in [1.54, 1.807) is 0 Å². The third kappa shape index (κ3) is 7.07. The predicted octanol–water partition coefficient (Wildman–Crippen LogP) is 8.15. The molecule has 0 unspecified atom stereocenters. The zero-order valence-electron chi connectivity index (χ0n) is 19.8. The van der Waals surface area contributed by atoms with Crippen molar-refractivity contribution < 1.29 is 8.85 Å². The molecule has 0 saturated heterocycles. The van der Waals surface area contributed by atoms with Gasteiger partial charge in [-0.05, 0) is 47.1 Å². The molecule has 0 aliphatic heterocycles. The van der Waals surface area contributed by atoms with Crippen molar-refractivity contribution in [1.29, 1.82) is 0 Å². The summed E-state index contributed by atoms with van der Waals surface area (Å²) in [6.45, 7) is 25.7. The Morgan fingerprint density at radius 2 is 0.808 bits per heavy atom. The maximum atomic E-state index is 6.78. The predicted molar refractivity (Wildman–Crippen MR) is 123 cm³/mol. The summed E-state index contributed by atoms with van der Waals surface area (Å²) >= 11 is 0. The van der Waals surface area contributed by atoms with Crippen LogP contribution in [0.2, 0.25) is 34.3 Å². The highest BCUT2D eigenvalue weighted by atomic mass is 28.4. The summed E-state index contributed by atoms with van der Waals surface area (Å²) in [6.07, 6.45) is 4.82. The van der Waals surface area contributed by atoms with Crippen LogP contribution in [0.4, 0.5) is 0 Å². The van der Waals surface area contributed by atoms with Gasteiger partial charge in [0.25, 0.3) is 0 Å². The Morgan fingerprint density at radius 1 is 0.538 bits per heavy atom. The van der Waals surface area contributed by atoms with Gasteiger partial charge < -0.3 is 8.85 Å². The minimum Gasteiger partial charge on any atom is -0.416 e. The molecule has 0 aromatic carbocycles. The molecular formula is C22H50O2Si2. The van der Waals surface area contributed by atoms with Gasteiger partial charge >= 0.3 is 0 Å². The molecule has 4 heteroatoms. The van der Waals surface area contributed by atoms with E-state index in [4.69, 9.17) is 8.85 Å². The summed E-state index contributed by atoms with van der Waals surface area (Å²) in [5.74, 6) is 0. The first-order valence-electron chi connectivity index (χ1n) is 11.4. The molecule has 0 aliphatic carbocycles. The Labute approximate surface area is 168 Å². The van der Waals surface area contributed by atoms with Crippen LogP contribution in [0.15, 0.2) is 0 Å². The first-order chi connectivity index (χ1) is 12.1. The van der Waals surface area contributed by atoms with Gasteiger partial charge in [-0.2, -0.15) is 0 Å². The van der Waals surface area contributed by atoms with Crippen molar-refractivity contribution in [2.75, 3.05) is 13.2 Å². The fourth-order valence-corrected chi connectivity index (χ4v) is 15.3. The van der Waals surface area contributed by atoms with Gasteiger partial charge in [0.15, 0.2) is 16.6 Å². The quantitative estimate of drug-likeness (QED) is 0.203. The van der Waals surface area contributed by atoms with Crippen LogP contribution in [0.1, 0.15) is 94.9 Å². The van der Waals surface area contributed by atoms with E-state index in [0.29, 0.717) is 22.2 Å². The molecule has 0 atom stereocenters. The Balaban J connectivity index is 5.47. The van der Waals surface area contributed by atoms with Crippen LogP contribution in [0, 0.1) is 0 Å². The lowest BCUT2D eigenvalue weighted by Gasteiger charge is -2.44. The van der Waals surface area contributed by atoms with E-state index in [9.17, 15) is 0 Å². The first kappa shape index (κ1) is 26.4. The average molecular weight is 403 g/mol. The van der Waals surface area contributed by atoms with Gasteiger partial charge in [-0.15, -0.1) is 0 Å². The summed E-state index contributed by atoms with van der Waals surface area (Å²) in [4.78, 5) is 0. The second kappa shape index (κ2) is 12.7. The molecule has 0 rings (SSSR count). The monoisotopic (exact) mass is 402 g/mol. The van der Waals surface area contributed by atoms with Crippen molar-refractivity contribution in [3.8, 4) is 0 Å². The Hall–Kier alpha value is 0.354. The lowest BCUT2D eigenvalue weighted by molar-refractivity contribution is 0.268. The van der Waals surface area contributed by atoms with Crippen LogP contribution >= 0.6 is 0 Å². The Kier molecular flexibility index (Phi) is 12.9. The molecule has 0 aliphatic rings. The van der Waals surface area contributed by atoms with Gasteiger partial charge in [-0.25, -0.2) is 0 Å². The van der Waals surface area contributed by atoms with Crippen LogP contribution < -0.4 is 0 Å². The van der Waals surface area contributed by atoms with E-state index >= 15 is 0 Å². The minimum absolute atomic E-state index is 0.668. The second-order valence-corrected chi connectivity index (χ2v) is 19.4. The van der Waals surface area contributed by atoms with Crippen molar-refractivity contribution in [3.05, 3.63) is 0 Å². The molecule has 0 aromatic rings. The highest BCUT2D eigenvalue weighted by Gasteiger charge is 2.48. The molecule has 0 bridgehead atoms. The fourth-order valence-electron chi connectivity index (χ4n) is 4.50. The lowest BCUT2D eigenvalue weighted by atomic mass is 10.4. The molecule has 0 fully saturated rings. The van der Waals surface area contributed by atoms with Crippen molar-refractivity contribution in [2.45, 2.75) is 129 Å². The second-order valence-electron chi connectivity index (χ2n) is 9.43. The summed E-state index contributed by atoms with van der Waals surface area (Å²) in [6, 6.07) is 2.56. The average Bonchev–Trinajstić information content (AvgIpc) is 2.55. The van der Waals surface area contributed by atoms with Gasteiger partial charge in [0.05, 0.1) is 0 Å². The number of rotatable bonds is 15. The molecule has 2 nitrogen and oxygen atoms in total. The van der Waals surface area contributed by atoms with E-state index in [1.165, 1.54) is 37.8 Å². The van der Waals surface area contributed by atoms with Crippen molar-refractivity contribution >= 4 is 16.6 Å². The number of unbranched alkanes of at least 4 members (excludes halogenated alkanes) is 2. The Morgan fingerprint density at radius 3 is 1.00 bits per heavy atom. The van der Waals surface area contributed by atoms with E-state index in [-0.39, 0.29) is 0 Å². The topological polar surface area (TPSA) is 18.5 Å². The molecule has 0 aromatic heterocycles. The lowest BCUT2D eigenvalue weighted by Crippen LogP contribution is -2.50. The van der Waals surface area contributed by atoms with Crippen LogP contribution in [0.25, 0.3) is 0 Å². The van der Waals surface area contributed by atoms with E-state index in [0.717, 1.165) is 13.2 Å². The molecule has 0 spiro atoms. The summed E-state index contributed by atoms with van der Waals surface area (Å²) in [5.41, 5.74) is 2.67. The summed E-state index contributed by atoms with van der Waals surface area (Å²) < 4.78 is 13.6. The summed E-state index contributed by atoms with van der Waals surface area (Å²) in [5, 5.41) is 0. The standard InChI is InChI=1S/C22H50O2Si2/c1-11-13-15-23-25(19(3)4,20(5)6)17-18-26(21(7)8,22(9)10)24-16-14-12-2/h19-22H,11-18H2,1-10H3. The van der Waals surface area contributed by atoms with Gasteiger partial charge in [-0.3, -0.25) is 0 Å². The molecule has 0 radical (unpaired) electrons. The molecule has 158 valence electrons. The van der Waals surface area contributed by atoms with E-state index < -0.39 is 16.6 Å². The fraction of sp³-hybridized carbons (Fsp3) is 1.00. The minimum atomic E-state index is -1.78. The van der Waals surface area contributed by atoms with E-state index in [2.05, 4.69) is 69.2 Å². The molecule has 0 amide bonds. The van der Waals surface area contributed by atoms with E-state index in [1.807, 2.05) is 0 Å². The molecule has 0 N–H and O–H groups in total. The first-order valence-corrected chi connectivity index (χ1v) is 15.9. The molecule has 26 heavy (non-hydrogen) atoms. The van der Waals surface area contributed by atoms with Crippen molar-refractivity contribution in [3.63, 3.8) is 0 Å². The number of hydrogen-bond acceptors (Lipinski definition) is 2. The third-order valence-electron chi connectivity index (χ3n) is 6.55. The third-order valence-corrected chi connectivity index (χ3v) is 18.4. The molecular weight excluding hydrogens is 352 g/mol. The van der Waals surface area contributed by atoms with Crippen LogP contribution in [0.3, 0.4) is 0 Å². The highest BCUT2D eigenvalue weighted by Crippen LogP contribution is 2.44. The maximum Gasteiger partial charge on any atom is 0.197 e. The molecule has 0 heterocycles. The van der Waals surface area contributed by atoms with Crippen molar-refractivity contribution in [1.82, 2.24) is 0 Å². The highest BCUT2D eigenvalue weighted by molar-refractivity contribution is 6.81. The SMILES string of the molecule is CCCCO[Si](CC[Si](OCCCC)(C(C)C)C(C)C)(C(C)C)C(C)C. The van der Waals surface area contributed by atoms with Crippen LogP contribution in [-0.2, 0) is 8.85 Å². The Bertz CT molecular complexity index is 304. The molecule has 0 saturated carbocycles. The zero-order valence-corrected chi connectivity index (χ0v) is 21.8. The number of hydrogen-bond donors (Lipinski definition) is 0. The zero-order chi connectivity index (χ0) is 20.4. The maximum absolute atomic E-state index is 6.78. The normalized spacial score (nSPS) is 13.6. The van der Waals surface area contributed by atoms with Gasteiger partial charge in [0.1, 0.15) is 0 Å². The largest absolute Gasteiger partial charge is 0.416 e. The summed E-state index contributed by atoms with van der Waals surface area (Å²) in [7, 11) is -3.56. The van der Waals surface area contributed by atoms with Crippen molar-refractivity contribution in [2.24, 2.45) is 0 Å². The van der Waals surface area contributed by atoms with Gasteiger partial charge in [-0.1, -0.05) is 82.1 Å². The van der Waals surface area contributed by atoms with Crippen LogP contribution in [0.5, 0.6) is 0 Å². The smallest absolute Gasteiger partial charge is 0.197 e. The van der Waals surface area contributed by atoms with Gasteiger partial charge in [0.2, 0.25) is 0 Å². The van der Waals surface area contributed by atoms with Crippen LogP contribution in [-0.4, -0.2) is 29.8 Å². The van der Waals surface area contributed by atoms with Gasteiger partial charge in [0, 0.05) is 13.2 Å².